The molecule has 0 aromatic heterocycles. The van der Waals surface area contributed by atoms with Crippen molar-refractivity contribution in [2.24, 2.45) is 0 Å². The lowest BCUT2D eigenvalue weighted by molar-refractivity contribution is 0.498. The number of halogens is 3. The van der Waals surface area contributed by atoms with Crippen LogP contribution in [0, 0.1) is 22.1 Å². The van der Waals surface area contributed by atoms with Crippen molar-refractivity contribution in [1.29, 1.82) is 0 Å². The summed E-state index contributed by atoms with van der Waals surface area (Å²) < 4.78 is 28.9. The van der Waals surface area contributed by atoms with Gasteiger partial charge in [-0.2, -0.15) is 0 Å². The zero-order chi connectivity index (χ0) is 15.4. The van der Waals surface area contributed by atoms with Crippen molar-refractivity contribution >= 4 is 22.6 Å². The maximum absolute atomic E-state index is 13.9. The highest BCUT2D eigenvalue weighted by Gasteiger charge is 2.19. The summed E-state index contributed by atoms with van der Waals surface area (Å²) in [4.78, 5) is 0. The van der Waals surface area contributed by atoms with Crippen molar-refractivity contribution in [2.75, 3.05) is 6.54 Å². The first-order valence-corrected chi connectivity index (χ1v) is 8.03. The van der Waals surface area contributed by atoms with Gasteiger partial charge in [0.1, 0.15) is 11.6 Å². The van der Waals surface area contributed by atoms with E-state index in [1.165, 1.54) is 23.8 Å². The molecule has 1 N–H and O–H groups in total. The third kappa shape index (κ3) is 3.80. The minimum atomic E-state index is -0.486. The van der Waals surface area contributed by atoms with Crippen molar-refractivity contribution in [2.45, 2.75) is 26.3 Å². The van der Waals surface area contributed by atoms with Crippen LogP contribution in [0.15, 0.2) is 36.4 Å². The summed E-state index contributed by atoms with van der Waals surface area (Å²) in [5, 5.41) is 3.33. The largest absolute Gasteiger partial charge is 0.310 e. The normalized spacial score (nSPS) is 12.4. The fourth-order valence-electron chi connectivity index (χ4n) is 2.41. The molecule has 4 heteroatoms. The molecule has 21 heavy (non-hydrogen) atoms. The summed E-state index contributed by atoms with van der Waals surface area (Å²) in [6.45, 7) is 4.77. The lowest BCUT2D eigenvalue weighted by atomic mass is 9.97. The summed E-state index contributed by atoms with van der Waals surface area (Å²) in [7, 11) is 0. The molecule has 0 aliphatic carbocycles. The van der Waals surface area contributed by atoms with E-state index < -0.39 is 11.6 Å². The molecular formula is C17H18F2IN. The number of benzene rings is 2. The molecule has 1 unspecified atom stereocenters. The zero-order valence-electron chi connectivity index (χ0n) is 12.1. The first-order chi connectivity index (χ1) is 10.0. The summed E-state index contributed by atoms with van der Waals surface area (Å²) in [5.41, 5.74) is 2.39. The molecule has 0 aliphatic rings. The van der Waals surface area contributed by atoms with Crippen molar-refractivity contribution < 1.29 is 8.78 Å². The molecule has 0 amide bonds. The Morgan fingerprint density at radius 2 is 1.71 bits per heavy atom. The van der Waals surface area contributed by atoms with E-state index in [9.17, 15) is 8.78 Å². The molecule has 0 fully saturated rings. The van der Waals surface area contributed by atoms with Crippen molar-refractivity contribution in [3.05, 3.63) is 68.3 Å². The van der Waals surface area contributed by atoms with E-state index in [2.05, 4.69) is 27.9 Å². The van der Waals surface area contributed by atoms with Crippen LogP contribution in [0.5, 0.6) is 0 Å². The van der Waals surface area contributed by atoms with Gasteiger partial charge in [-0.25, -0.2) is 8.78 Å². The maximum atomic E-state index is 13.9. The summed E-state index contributed by atoms with van der Waals surface area (Å²) in [6, 6.07) is 9.94. The van der Waals surface area contributed by atoms with Crippen LogP contribution in [0.2, 0.25) is 0 Å². The highest BCUT2D eigenvalue weighted by Crippen LogP contribution is 2.27. The van der Waals surface area contributed by atoms with Gasteiger partial charge in [0, 0.05) is 15.2 Å². The Kier molecular flexibility index (Phi) is 5.70. The van der Waals surface area contributed by atoms with Crippen molar-refractivity contribution in [3.63, 3.8) is 0 Å². The smallest absolute Gasteiger partial charge is 0.129 e. The van der Waals surface area contributed by atoms with Crippen LogP contribution >= 0.6 is 22.6 Å². The molecular weight excluding hydrogens is 383 g/mol. The molecule has 2 rings (SSSR count). The molecule has 0 bridgehead atoms. The SMILES string of the molecule is CCNC(Cc1c(F)cccc1F)c1cccc(C)c1I. The highest BCUT2D eigenvalue weighted by molar-refractivity contribution is 14.1. The highest BCUT2D eigenvalue weighted by atomic mass is 127. The number of hydrogen-bond acceptors (Lipinski definition) is 1. The van der Waals surface area contributed by atoms with E-state index in [0.29, 0.717) is 6.42 Å². The average Bonchev–Trinajstić information content (AvgIpc) is 2.45. The molecule has 0 radical (unpaired) electrons. The molecule has 0 spiro atoms. The Balaban J connectivity index is 2.38. The lowest BCUT2D eigenvalue weighted by Crippen LogP contribution is -2.24. The van der Waals surface area contributed by atoms with Crippen LogP contribution in [0.25, 0.3) is 0 Å². The second kappa shape index (κ2) is 7.31. The second-order valence-corrected chi connectivity index (χ2v) is 6.07. The average molecular weight is 401 g/mol. The fourth-order valence-corrected chi connectivity index (χ4v) is 3.14. The molecule has 0 saturated carbocycles. The summed E-state index contributed by atoms with van der Waals surface area (Å²) in [5.74, 6) is -0.971. The minimum absolute atomic E-state index is 0.104. The minimum Gasteiger partial charge on any atom is -0.310 e. The Labute approximate surface area is 137 Å². The van der Waals surface area contributed by atoms with Crippen LogP contribution in [-0.4, -0.2) is 6.54 Å². The van der Waals surface area contributed by atoms with Gasteiger partial charge in [-0.3, -0.25) is 0 Å². The monoisotopic (exact) mass is 401 g/mol. The van der Waals surface area contributed by atoms with Gasteiger partial charge in [-0.15, -0.1) is 0 Å². The van der Waals surface area contributed by atoms with Gasteiger partial charge in [0.15, 0.2) is 0 Å². The quantitative estimate of drug-likeness (QED) is 0.712. The van der Waals surface area contributed by atoms with Gasteiger partial charge in [0.2, 0.25) is 0 Å². The first kappa shape index (κ1) is 16.4. The Morgan fingerprint density at radius 3 is 2.33 bits per heavy atom. The van der Waals surface area contributed by atoms with Gasteiger partial charge < -0.3 is 5.32 Å². The molecule has 0 aliphatic heterocycles. The van der Waals surface area contributed by atoms with Gasteiger partial charge in [-0.1, -0.05) is 31.2 Å². The molecule has 1 nitrogen and oxygen atoms in total. The molecule has 0 heterocycles. The predicted octanol–water partition coefficient (Wildman–Crippen LogP) is 4.77. The summed E-state index contributed by atoms with van der Waals surface area (Å²) in [6.07, 6.45) is 0.297. The Hall–Kier alpha value is -1.01. The fraction of sp³-hybridized carbons (Fsp3) is 0.294. The predicted molar refractivity (Wildman–Crippen MR) is 90.4 cm³/mol. The molecule has 112 valence electrons. The van der Waals surface area contributed by atoms with Gasteiger partial charge in [0.05, 0.1) is 0 Å². The topological polar surface area (TPSA) is 12.0 Å². The molecule has 1 atom stereocenters. The molecule has 2 aromatic rings. The number of rotatable bonds is 5. The lowest BCUT2D eigenvalue weighted by Gasteiger charge is -2.21. The maximum Gasteiger partial charge on any atom is 0.129 e. The number of hydrogen-bond donors (Lipinski definition) is 1. The van der Waals surface area contributed by atoms with E-state index >= 15 is 0 Å². The van der Waals surface area contributed by atoms with E-state index in [1.54, 1.807) is 0 Å². The van der Waals surface area contributed by atoms with Crippen LogP contribution in [0.1, 0.15) is 29.7 Å². The zero-order valence-corrected chi connectivity index (χ0v) is 14.2. The first-order valence-electron chi connectivity index (χ1n) is 6.95. The second-order valence-electron chi connectivity index (χ2n) is 4.99. The van der Waals surface area contributed by atoms with E-state index in [4.69, 9.17) is 0 Å². The number of nitrogens with one attached hydrogen (secondary N) is 1. The van der Waals surface area contributed by atoms with Gasteiger partial charge in [-0.05, 0) is 65.7 Å². The standard InChI is InChI=1S/C17H18F2IN/c1-3-21-16(12-7-4-6-11(2)17(12)20)10-13-14(18)8-5-9-15(13)19/h4-9,16,21H,3,10H2,1-2H3. The van der Waals surface area contributed by atoms with Crippen LogP contribution in [0.3, 0.4) is 0 Å². The van der Waals surface area contributed by atoms with Crippen LogP contribution in [0.4, 0.5) is 8.78 Å². The third-order valence-electron chi connectivity index (χ3n) is 3.52. The van der Waals surface area contributed by atoms with E-state index in [0.717, 1.165) is 15.7 Å². The summed E-state index contributed by atoms with van der Waals surface area (Å²) >= 11 is 2.29. The van der Waals surface area contributed by atoms with Crippen LogP contribution < -0.4 is 5.32 Å². The number of likely N-dealkylation sites (N-methyl/N-ethyl adjacent to an activating group) is 1. The molecule has 2 aromatic carbocycles. The Morgan fingerprint density at radius 1 is 1.10 bits per heavy atom. The van der Waals surface area contributed by atoms with E-state index in [-0.39, 0.29) is 11.6 Å². The van der Waals surface area contributed by atoms with Crippen LogP contribution in [-0.2, 0) is 6.42 Å². The van der Waals surface area contributed by atoms with Crippen molar-refractivity contribution in [3.8, 4) is 0 Å². The molecule has 0 saturated heterocycles. The van der Waals surface area contributed by atoms with Gasteiger partial charge >= 0.3 is 0 Å². The van der Waals surface area contributed by atoms with E-state index in [1.807, 2.05) is 32.0 Å². The number of aryl methyl sites for hydroxylation is 1. The van der Waals surface area contributed by atoms with Crippen molar-refractivity contribution in [1.82, 2.24) is 5.32 Å². The van der Waals surface area contributed by atoms with Gasteiger partial charge in [0.25, 0.3) is 0 Å². The Bertz CT molecular complexity index is 608. The third-order valence-corrected chi connectivity index (χ3v) is 4.99.